The first-order valence-corrected chi connectivity index (χ1v) is 6.36. The lowest BCUT2D eigenvalue weighted by Gasteiger charge is -2.08. The van der Waals surface area contributed by atoms with Crippen LogP contribution in [0.15, 0.2) is 41.0 Å². The van der Waals surface area contributed by atoms with Crippen molar-refractivity contribution in [2.24, 2.45) is 0 Å². The zero-order valence-corrected chi connectivity index (χ0v) is 11.2. The second kappa shape index (κ2) is 6.09. The van der Waals surface area contributed by atoms with E-state index in [1.807, 2.05) is 44.2 Å². The third-order valence-corrected chi connectivity index (χ3v) is 2.89. The molecule has 19 heavy (non-hydrogen) atoms. The van der Waals surface area contributed by atoms with Gasteiger partial charge in [0.15, 0.2) is 0 Å². The Morgan fingerprint density at radius 3 is 2.74 bits per heavy atom. The normalized spacial score (nSPS) is 10.2. The largest absolute Gasteiger partial charge is 0.467 e. The van der Waals surface area contributed by atoms with Gasteiger partial charge in [-0.3, -0.25) is 4.79 Å². The summed E-state index contributed by atoms with van der Waals surface area (Å²) in [6, 6.07) is 9.58. The maximum atomic E-state index is 11.3. The molecule has 4 heteroatoms. The molecule has 1 heterocycles. The van der Waals surface area contributed by atoms with Crippen LogP contribution in [0.4, 0.5) is 11.4 Å². The van der Waals surface area contributed by atoms with E-state index in [2.05, 4.69) is 10.6 Å². The molecule has 1 amide bonds. The predicted molar refractivity (Wildman–Crippen MR) is 76.1 cm³/mol. The highest BCUT2D eigenvalue weighted by molar-refractivity contribution is 5.90. The fraction of sp³-hybridized carbons (Fsp3) is 0.267. The van der Waals surface area contributed by atoms with E-state index in [9.17, 15) is 4.79 Å². The Morgan fingerprint density at radius 1 is 1.26 bits per heavy atom. The van der Waals surface area contributed by atoms with Gasteiger partial charge in [0.2, 0.25) is 5.91 Å². The molecule has 4 nitrogen and oxygen atoms in total. The third kappa shape index (κ3) is 3.61. The van der Waals surface area contributed by atoms with Crippen LogP contribution in [0.25, 0.3) is 0 Å². The van der Waals surface area contributed by atoms with E-state index in [0.29, 0.717) is 13.0 Å². The number of benzene rings is 1. The molecule has 0 unspecified atom stereocenters. The Bertz CT molecular complexity index is 561. The molecule has 0 saturated carbocycles. The minimum absolute atomic E-state index is 0.0130. The zero-order valence-electron chi connectivity index (χ0n) is 11.2. The minimum Gasteiger partial charge on any atom is -0.467 e. The van der Waals surface area contributed by atoms with Crippen molar-refractivity contribution in [3.63, 3.8) is 0 Å². The van der Waals surface area contributed by atoms with Crippen molar-refractivity contribution in [1.29, 1.82) is 0 Å². The molecule has 100 valence electrons. The van der Waals surface area contributed by atoms with Gasteiger partial charge in [-0.05, 0) is 36.8 Å². The molecule has 1 aromatic heterocycles. The number of rotatable bonds is 5. The summed E-state index contributed by atoms with van der Waals surface area (Å²) >= 11 is 0. The van der Waals surface area contributed by atoms with Crippen LogP contribution in [-0.2, 0) is 11.3 Å². The van der Waals surface area contributed by atoms with Gasteiger partial charge in [0.1, 0.15) is 5.76 Å². The van der Waals surface area contributed by atoms with E-state index in [4.69, 9.17) is 4.42 Å². The highest BCUT2D eigenvalue weighted by Crippen LogP contribution is 2.17. The van der Waals surface area contributed by atoms with Crippen LogP contribution < -0.4 is 10.6 Å². The molecule has 0 aliphatic rings. The highest BCUT2D eigenvalue weighted by Gasteiger charge is 2.03. The van der Waals surface area contributed by atoms with Gasteiger partial charge in [-0.15, -0.1) is 0 Å². The van der Waals surface area contributed by atoms with E-state index >= 15 is 0 Å². The number of hydrogen-bond donors (Lipinski definition) is 2. The highest BCUT2D eigenvalue weighted by atomic mass is 16.3. The van der Waals surface area contributed by atoms with Gasteiger partial charge in [-0.1, -0.05) is 13.0 Å². The molecule has 0 bridgehead atoms. The number of carbonyl (C=O) groups is 1. The Balaban J connectivity index is 1.99. The Kier molecular flexibility index (Phi) is 4.23. The van der Waals surface area contributed by atoms with Crippen molar-refractivity contribution >= 4 is 17.3 Å². The van der Waals surface area contributed by atoms with Crippen molar-refractivity contribution in [3.8, 4) is 0 Å². The van der Waals surface area contributed by atoms with Gasteiger partial charge in [-0.2, -0.15) is 0 Å². The Labute approximate surface area is 112 Å². The average molecular weight is 258 g/mol. The molecule has 0 radical (unpaired) electrons. The lowest BCUT2D eigenvalue weighted by molar-refractivity contribution is -0.115. The molecular formula is C15H18N2O2. The van der Waals surface area contributed by atoms with Crippen molar-refractivity contribution in [2.75, 3.05) is 10.6 Å². The smallest absolute Gasteiger partial charge is 0.224 e. The predicted octanol–water partition coefficient (Wildman–Crippen LogP) is 3.55. The summed E-state index contributed by atoms with van der Waals surface area (Å²) in [7, 11) is 0. The van der Waals surface area contributed by atoms with Crippen LogP contribution in [-0.4, -0.2) is 5.91 Å². The second-order valence-corrected chi connectivity index (χ2v) is 4.36. The number of carbonyl (C=O) groups excluding carboxylic acids is 1. The number of anilines is 2. The lowest BCUT2D eigenvalue weighted by atomic mass is 10.2. The summed E-state index contributed by atoms with van der Waals surface area (Å²) < 4.78 is 5.37. The van der Waals surface area contributed by atoms with E-state index < -0.39 is 0 Å². The summed E-state index contributed by atoms with van der Waals surface area (Å²) in [6.45, 7) is 4.47. The quantitative estimate of drug-likeness (QED) is 0.862. The Morgan fingerprint density at radius 2 is 2.05 bits per heavy atom. The molecule has 2 N–H and O–H groups in total. The number of aryl methyl sites for hydroxylation is 1. The summed E-state index contributed by atoms with van der Waals surface area (Å²) in [6.07, 6.45) is 2.16. The summed E-state index contributed by atoms with van der Waals surface area (Å²) in [5, 5.41) is 6.11. The van der Waals surface area contributed by atoms with Gasteiger partial charge >= 0.3 is 0 Å². The van der Waals surface area contributed by atoms with Crippen molar-refractivity contribution < 1.29 is 9.21 Å². The van der Waals surface area contributed by atoms with E-state index in [1.54, 1.807) is 6.26 Å². The van der Waals surface area contributed by atoms with Crippen LogP contribution in [0, 0.1) is 6.92 Å². The van der Waals surface area contributed by atoms with Crippen LogP contribution >= 0.6 is 0 Å². The molecule has 0 fully saturated rings. The van der Waals surface area contributed by atoms with Gasteiger partial charge in [0.25, 0.3) is 0 Å². The fourth-order valence-electron chi connectivity index (χ4n) is 1.72. The van der Waals surface area contributed by atoms with Crippen LogP contribution in [0.3, 0.4) is 0 Å². The van der Waals surface area contributed by atoms with Crippen molar-refractivity contribution in [2.45, 2.75) is 26.8 Å². The molecule has 0 aliphatic carbocycles. The Hall–Kier alpha value is -2.23. The zero-order chi connectivity index (χ0) is 13.7. The number of furan rings is 1. The van der Waals surface area contributed by atoms with Crippen LogP contribution in [0.5, 0.6) is 0 Å². The SMILES string of the molecule is CCC(=O)Nc1cccc(NCc2occc2C)c1. The third-order valence-electron chi connectivity index (χ3n) is 2.89. The van der Waals surface area contributed by atoms with Gasteiger partial charge in [0.05, 0.1) is 12.8 Å². The monoisotopic (exact) mass is 258 g/mol. The maximum Gasteiger partial charge on any atom is 0.224 e. The minimum atomic E-state index is 0.0130. The summed E-state index contributed by atoms with van der Waals surface area (Å²) in [5.41, 5.74) is 2.88. The molecule has 0 atom stereocenters. The number of amides is 1. The first kappa shape index (κ1) is 13.2. The first-order valence-electron chi connectivity index (χ1n) is 6.36. The fourth-order valence-corrected chi connectivity index (χ4v) is 1.72. The average Bonchev–Trinajstić information content (AvgIpc) is 2.82. The van der Waals surface area contributed by atoms with Gasteiger partial charge in [0, 0.05) is 17.8 Å². The van der Waals surface area contributed by atoms with Gasteiger partial charge in [-0.25, -0.2) is 0 Å². The molecule has 1 aromatic carbocycles. The molecule has 0 spiro atoms. The van der Waals surface area contributed by atoms with Crippen molar-refractivity contribution in [3.05, 3.63) is 47.9 Å². The molecule has 0 aliphatic heterocycles. The first-order chi connectivity index (χ1) is 9.19. The molecule has 2 aromatic rings. The second-order valence-electron chi connectivity index (χ2n) is 4.36. The topological polar surface area (TPSA) is 54.3 Å². The molecule has 0 saturated heterocycles. The maximum absolute atomic E-state index is 11.3. The van der Waals surface area contributed by atoms with Gasteiger partial charge < -0.3 is 15.1 Å². The summed E-state index contributed by atoms with van der Waals surface area (Å²) in [5.74, 6) is 0.932. The lowest BCUT2D eigenvalue weighted by Crippen LogP contribution is -2.09. The number of nitrogens with one attached hydrogen (secondary N) is 2. The van der Waals surface area contributed by atoms with Crippen molar-refractivity contribution in [1.82, 2.24) is 0 Å². The van der Waals surface area contributed by atoms with Crippen LogP contribution in [0.2, 0.25) is 0 Å². The van der Waals surface area contributed by atoms with E-state index in [-0.39, 0.29) is 5.91 Å². The van der Waals surface area contributed by atoms with E-state index in [0.717, 1.165) is 22.7 Å². The van der Waals surface area contributed by atoms with E-state index in [1.165, 1.54) is 0 Å². The summed E-state index contributed by atoms with van der Waals surface area (Å²) in [4.78, 5) is 11.3. The molecular weight excluding hydrogens is 240 g/mol. The standard InChI is InChI=1S/C15H18N2O2/c1-3-15(18)17-13-6-4-5-12(9-13)16-10-14-11(2)7-8-19-14/h4-9,16H,3,10H2,1-2H3,(H,17,18). The molecule has 2 rings (SSSR count). The van der Waals surface area contributed by atoms with Crippen LogP contribution in [0.1, 0.15) is 24.7 Å². The number of hydrogen-bond acceptors (Lipinski definition) is 3.